The number of nitrogens with zero attached hydrogens (tertiary/aromatic N) is 2. The highest BCUT2D eigenvalue weighted by Crippen LogP contribution is 2.32. The molecule has 1 aliphatic heterocycles. The second-order valence-electron chi connectivity index (χ2n) is 6.40. The summed E-state index contributed by atoms with van der Waals surface area (Å²) in [7, 11) is 0. The summed E-state index contributed by atoms with van der Waals surface area (Å²) in [6.45, 7) is 2.91. The van der Waals surface area contributed by atoms with Gasteiger partial charge in [0.2, 0.25) is 0 Å². The highest BCUT2D eigenvalue weighted by atomic mass is 35.5. The normalized spacial score (nSPS) is 14.4. The van der Waals surface area contributed by atoms with Gasteiger partial charge in [0, 0.05) is 42.5 Å². The Hall–Kier alpha value is -2.43. The Morgan fingerprint density at radius 3 is 2.33 bits per heavy atom. The third-order valence-electron chi connectivity index (χ3n) is 4.70. The van der Waals surface area contributed by atoms with Crippen LogP contribution in [0.2, 0.25) is 10.0 Å². The Bertz CT molecular complexity index is 948. The van der Waals surface area contributed by atoms with Crippen molar-refractivity contribution in [3.63, 3.8) is 0 Å². The molecule has 0 unspecified atom stereocenters. The largest absolute Gasteiger partial charge is 0.451 e. The quantitative estimate of drug-likeness (QED) is 0.604. The lowest BCUT2D eigenvalue weighted by Gasteiger charge is -2.35. The molecule has 2 heterocycles. The van der Waals surface area contributed by atoms with Crippen LogP contribution in [0.5, 0.6) is 0 Å². The highest BCUT2D eigenvalue weighted by molar-refractivity contribution is 6.36. The summed E-state index contributed by atoms with van der Waals surface area (Å²) in [4.78, 5) is 16.9. The van der Waals surface area contributed by atoms with Crippen molar-refractivity contribution >= 4 is 34.8 Å². The molecule has 3 aromatic rings. The number of anilines is 1. The lowest BCUT2D eigenvalue weighted by Crippen LogP contribution is -2.48. The van der Waals surface area contributed by atoms with Crippen molar-refractivity contribution in [2.45, 2.75) is 0 Å². The second kappa shape index (κ2) is 7.67. The number of hydrogen-bond acceptors (Lipinski definition) is 3. The molecule has 138 valence electrons. The smallest absolute Gasteiger partial charge is 0.289 e. The molecule has 0 N–H and O–H groups in total. The van der Waals surface area contributed by atoms with E-state index in [1.807, 2.05) is 23.1 Å². The van der Waals surface area contributed by atoms with E-state index in [1.54, 1.807) is 30.3 Å². The van der Waals surface area contributed by atoms with E-state index in [1.165, 1.54) is 5.69 Å². The molecule has 4 nitrogen and oxygen atoms in total. The van der Waals surface area contributed by atoms with Crippen LogP contribution in [0, 0.1) is 0 Å². The third-order valence-corrected chi connectivity index (χ3v) is 5.25. The first-order chi connectivity index (χ1) is 13.1. The Kier molecular flexibility index (Phi) is 5.10. The predicted octanol–water partition coefficient (Wildman–Crippen LogP) is 5.22. The number of benzene rings is 2. The molecule has 4 rings (SSSR count). The van der Waals surface area contributed by atoms with E-state index < -0.39 is 0 Å². The van der Waals surface area contributed by atoms with Gasteiger partial charge in [0.05, 0.1) is 5.02 Å². The van der Waals surface area contributed by atoms with Crippen molar-refractivity contribution < 1.29 is 9.21 Å². The van der Waals surface area contributed by atoms with Gasteiger partial charge >= 0.3 is 0 Å². The van der Waals surface area contributed by atoms with Crippen LogP contribution in [-0.2, 0) is 0 Å². The second-order valence-corrected chi connectivity index (χ2v) is 7.25. The van der Waals surface area contributed by atoms with Crippen molar-refractivity contribution in [1.82, 2.24) is 4.90 Å². The van der Waals surface area contributed by atoms with Gasteiger partial charge in [-0.1, -0.05) is 41.4 Å². The third kappa shape index (κ3) is 3.82. The van der Waals surface area contributed by atoms with Crippen LogP contribution in [-0.4, -0.2) is 37.0 Å². The molecule has 6 heteroatoms. The molecule has 1 aliphatic rings. The number of amides is 1. The zero-order valence-electron chi connectivity index (χ0n) is 14.6. The van der Waals surface area contributed by atoms with Crippen molar-refractivity contribution in [1.29, 1.82) is 0 Å². The minimum atomic E-state index is -0.0981. The zero-order valence-corrected chi connectivity index (χ0v) is 16.1. The van der Waals surface area contributed by atoms with Crippen molar-refractivity contribution in [3.05, 3.63) is 76.5 Å². The summed E-state index contributed by atoms with van der Waals surface area (Å²) in [5.74, 6) is 0.783. The van der Waals surface area contributed by atoms with E-state index in [0.29, 0.717) is 40.2 Å². The summed E-state index contributed by atoms with van der Waals surface area (Å²) >= 11 is 12.2. The van der Waals surface area contributed by atoms with Crippen LogP contribution in [0.4, 0.5) is 5.69 Å². The Labute approximate surface area is 167 Å². The summed E-state index contributed by atoms with van der Waals surface area (Å²) in [6.07, 6.45) is 0. The first kappa shape index (κ1) is 18.0. The van der Waals surface area contributed by atoms with E-state index >= 15 is 0 Å². The van der Waals surface area contributed by atoms with Crippen molar-refractivity contribution in [3.8, 4) is 11.3 Å². The van der Waals surface area contributed by atoms with Gasteiger partial charge in [-0.25, -0.2) is 0 Å². The fourth-order valence-corrected chi connectivity index (χ4v) is 3.75. The van der Waals surface area contributed by atoms with Crippen LogP contribution < -0.4 is 4.90 Å². The maximum Gasteiger partial charge on any atom is 0.289 e. The van der Waals surface area contributed by atoms with E-state index in [-0.39, 0.29) is 5.91 Å². The van der Waals surface area contributed by atoms with Crippen LogP contribution in [0.3, 0.4) is 0 Å². The summed E-state index contributed by atoms with van der Waals surface area (Å²) in [5.41, 5.74) is 1.90. The topological polar surface area (TPSA) is 36.7 Å². The molecule has 0 bridgehead atoms. The fourth-order valence-electron chi connectivity index (χ4n) is 3.25. The molecular formula is C21H18Cl2N2O2. The zero-order chi connectivity index (χ0) is 18.8. The Morgan fingerprint density at radius 2 is 1.63 bits per heavy atom. The monoisotopic (exact) mass is 400 g/mol. The predicted molar refractivity (Wildman–Crippen MR) is 109 cm³/mol. The van der Waals surface area contributed by atoms with Gasteiger partial charge in [0.1, 0.15) is 5.76 Å². The van der Waals surface area contributed by atoms with Gasteiger partial charge in [-0.05, 0) is 42.5 Å². The molecule has 27 heavy (non-hydrogen) atoms. The molecule has 1 amide bonds. The molecule has 1 saturated heterocycles. The molecule has 0 saturated carbocycles. The minimum Gasteiger partial charge on any atom is -0.451 e. The number of para-hydroxylation sites is 1. The van der Waals surface area contributed by atoms with E-state index in [4.69, 9.17) is 27.6 Å². The maximum absolute atomic E-state index is 12.8. The fraction of sp³-hybridized carbons (Fsp3) is 0.190. The van der Waals surface area contributed by atoms with Gasteiger partial charge in [0.15, 0.2) is 5.76 Å². The number of carbonyl (C=O) groups excluding carboxylic acids is 1. The van der Waals surface area contributed by atoms with Crippen LogP contribution in [0.15, 0.2) is 65.1 Å². The first-order valence-electron chi connectivity index (χ1n) is 8.76. The molecular weight excluding hydrogens is 383 g/mol. The van der Waals surface area contributed by atoms with Gasteiger partial charge in [-0.15, -0.1) is 0 Å². The summed E-state index contributed by atoms with van der Waals surface area (Å²) < 4.78 is 5.78. The summed E-state index contributed by atoms with van der Waals surface area (Å²) in [6, 6.07) is 18.9. The Balaban J connectivity index is 1.44. The number of furan rings is 1. The standard InChI is InChI=1S/C21H18Cl2N2O2/c22-15-6-7-17(18(23)14-15)19-8-9-20(27-19)21(26)25-12-10-24(11-13-25)16-4-2-1-3-5-16/h1-9,14H,10-13H2. The molecule has 0 aliphatic carbocycles. The lowest BCUT2D eigenvalue weighted by molar-refractivity contribution is 0.0715. The van der Waals surface area contributed by atoms with E-state index in [9.17, 15) is 4.79 Å². The number of halogens is 2. The van der Waals surface area contributed by atoms with Gasteiger partial charge in [0.25, 0.3) is 5.91 Å². The van der Waals surface area contributed by atoms with Gasteiger partial charge in [-0.2, -0.15) is 0 Å². The average Bonchev–Trinajstić information content (AvgIpc) is 3.18. The van der Waals surface area contributed by atoms with E-state index in [0.717, 1.165) is 13.1 Å². The highest BCUT2D eigenvalue weighted by Gasteiger charge is 2.24. The van der Waals surface area contributed by atoms with E-state index in [2.05, 4.69) is 17.0 Å². The minimum absolute atomic E-state index is 0.0981. The van der Waals surface area contributed by atoms with Crippen molar-refractivity contribution in [2.75, 3.05) is 31.1 Å². The lowest BCUT2D eigenvalue weighted by atomic mass is 10.2. The van der Waals surface area contributed by atoms with Gasteiger partial charge in [-0.3, -0.25) is 4.79 Å². The molecule has 0 atom stereocenters. The number of carbonyl (C=O) groups is 1. The Morgan fingerprint density at radius 1 is 0.889 bits per heavy atom. The van der Waals surface area contributed by atoms with Crippen LogP contribution in [0.25, 0.3) is 11.3 Å². The number of hydrogen-bond donors (Lipinski definition) is 0. The number of rotatable bonds is 3. The average molecular weight is 401 g/mol. The first-order valence-corrected chi connectivity index (χ1v) is 9.52. The maximum atomic E-state index is 12.8. The molecule has 0 spiro atoms. The molecule has 1 fully saturated rings. The van der Waals surface area contributed by atoms with Crippen LogP contribution >= 0.6 is 23.2 Å². The van der Waals surface area contributed by atoms with Crippen LogP contribution in [0.1, 0.15) is 10.6 Å². The van der Waals surface area contributed by atoms with Crippen molar-refractivity contribution in [2.24, 2.45) is 0 Å². The summed E-state index contributed by atoms with van der Waals surface area (Å²) in [5, 5.41) is 1.05. The molecule has 1 aromatic heterocycles. The number of piperazine rings is 1. The van der Waals surface area contributed by atoms with Gasteiger partial charge < -0.3 is 14.2 Å². The molecule has 0 radical (unpaired) electrons. The molecule has 2 aromatic carbocycles. The SMILES string of the molecule is O=C(c1ccc(-c2ccc(Cl)cc2Cl)o1)N1CCN(c2ccccc2)CC1.